The van der Waals surface area contributed by atoms with Gasteiger partial charge in [-0.25, -0.2) is 4.98 Å². The van der Waals surface area contributed by atoms with Crippen molar-refractivity contribution in [2.45, 2.75) is 13.1 Å². The Morgan fingerprint density at radius 2 is 2.03 bits per heavy atom. The first kappa shape index (κ1) is 19.9. The van der Waals surface area contributed by atoms with Crippen LogP contribution in [0, 0.1) is 0 Å². The van der Waals surface area contributed by atoms with Crippen molar-refractivity contribution in [3.8, 4) is 10.4 Å². The Morgan fingerprint density at radius 1 is 1.13 bits per heavy atom. The number of rotatable bonds is 7. The fourth-order valence-electron chi connectivity index (χ4n) is 3.62. The molecule has 0 atom stereocenters. The zero-order valence-electron chi connectivity index (χ0n) is 17.1. The number of piperazine rings is 1. The van der Waals surface area contributed by atoms with Crippen molar-refractivity contribution in [3.63, 3.8) is 0 Å². The highest BCUT2D eigenvalue weighted by atomic mass is 32.1. The van der Waals surface area contributed by atoms with E-state index in [0.29, 0.717) is 11.4 Å². The number of thiophene rings is 1. The summed E-state index contributed by atoms with van der Waals surface area (Å²) in [5.41, 5.74) is 2.60. The summed E-state index contributed by atoms with van der Waals surface area (Å²) in [4.78, 5) is 25.3. The van der Waals surface area contributed by atoms with Crippen LogP contribution in [0.15, 0.2) is 49.3 Å². The van der Waals surface area contributed by atoms with Crippen LogP contribution in [-0.4, -0.2) is 67.7 Å². The Kier molecular flexibility index (Phi) is 5.74. The number of carbonyl (C=O) groups is 1. The Morgan fingerprint density at radius 3 is 2.94 bits per heavy atom. The summed E-state index contributed by atoms with van der Waals surface area (Å²) in [6.45, 7) is 6.51. The van der Waals surface area contributed by atoms with E-state index in [1.165, 1.54) is 11.3 Å². The van der Waals surface area contributed by atoms with Gasteiger partial charge in [-0.05, 0) is 12.1 Å². The monoisotopic (exact) mass is 436 g/mol. The van der Waals surface area contributed by atoms with E-state index in [0.717, 1.165) is 61.1 Å². The van der Waals surface area contributed by atoms with E-state index in [1.807, 2.05) is 39.8 Å². The highest BCUT2D eigenvalue weighted by Crippen LogP contribution is 2.27. The van der Waals surface area contributed by atoms with Crippen LogP contribution in [0.1, 0.15) is 15.4 Å². The number of hydrogen-bond acceptors (Lipinski definition) is 7. The van der Waals surface area contributed by atoms with Crippen LogP contribution in [0.4, 0.5) is 0 Å². The lowest BCUT2D eigenvalue weighted by Gasteiger charge is -2.26. The summed E-state index contributed by atoms with van der Waals surface area (Å²) < 4.78 is 3.87. The standard InChI is InChI=1S/C21H24N8OS/c30-21(25-12-17-15-28-8-5-23-20(28)13-24-17)19-2-1-18(31-19)16-11-26-29(14-16)10-9-27-6-3-22-4-7-27/h1-2,5,8,11,13-15,22H,3-4,6-7,9-10,12H2,(H,25,30). The molecule has 1 amide bonds. The molecule has 0 radical (unpaired) electrons. The molecule has 4 aromatic heterocycles. The van der Waals surface area contributed by atoms with E-state index in [-0.39, 0.29) is 5.91 Å². The summed E-state index contributed by atoms with van der Waals surface area (Å²) in [5, 5.41) is 10.8. The number of amides is 1. The molecule has 0 aromatic carbocycles. The lowest BCUT2D eigenvalue weighted by atomic mass is 10.3. The smallest absolute Gasteiger partial charge is 0.261 e. The van der Waals surface area contributed by atoms with Crippen molar-refractivity contribution in [3.05, 3.63) is 59.9 Å². The molecule has 0 aliphatic carbocycles. The lowest BCUT2D eigenvalue weighted by molar-refractivity contribution is 0.0954. The summed E-state index contributed by atoms with van der Waals surface area (Å²) in [6, 6.07) is 3.84. The molecule has 4 aromatic rings. The molecule has 1 aliphatic rings. The minimum Gasteiger partial charge on any atom is -0.346 e. The van der Waals surface area contributed by atoms with Gasteiger partial charge in [-0.2, -0.15) is 5.10 Å². The Bertz CT molecular complexity index is 1170. The SMILES string of the molecule is O=C(NCc1cn2ccnc2cn1)c1ccc(-c2cnn(CCN3CCNCC3)c2)s1. The average Bonchev–Trinajstić information content (AvgIpc) is 3.56. The van der Waals surface area contributed by atoms with Crippen LogP contribution in [0.2, 0.25) is 0 Å². The van der Waals surface area contributed by atoms with E-state index in [4.69, 9.17) is 0 Å². The molecule has 10 heteroatoms. The van der Waals surface area contributed by atoms with Gasteiger partial charge in [0.1, 0.15) is 0 Å². The first-order chi connectivity index (χ1) is 15.2. The molecule has 0 spiro atoms. The van der Waals surface area contributed by atoms with Gasteiger partial charge in [0.2, 0.25) is 0 Å². The third kappa shape index (κ3) is 4.66. The molecule has 1 fully saturated rings. The van der Waals surface area contributed by atoms with Gasteiger partial charge in [0, 0.05) is 68.0 Å². The van der Waals surface area contributed by atoms with Crippen LogP contribution >= 0.6 is 11.3 Å². The molecule has 160 valence electrons. The fourth-order valence-corrected chi connectivity index (χ4v) is 4.52. The van der Waals surface area contributed by atoms with E-state index in [2.05, 4.69) is 36.8 Å². The highest BCUT2D eigenvalue weighted by molar-refractivity contribution is 7.17. The number of imidazole rings is 1. The largest absolute Gasteiger partial charge is 0.346 e. The topological polar surface area (TPSA) is 92.4 Å². The lowest BCUT2D eigenvalue weighted by Crippen LogP contribution is -2.44. The molecule has 1 aliphatic heterocycles. The summed E-state index contributed by atoms with van der Waals surface area (Å²) in [7, 11) is 0. The van der Waals surface area contributed by atoms with Gasteiger partial charge in [-0.1, -0.05) is 0 Å². The van der Waals surface area contributed by atoms with Crippen molar-refractivity contribution < 1.29 is 4.79 Å². The second-order valence-electron chi connectivity index (χ2n) is 7.50. The zero-order valence-corrected chi connectivity index (χ0v) is 17.9. The highest BCUT2D eigenvalue weighted by Gasteiger charge is 2.13. The van der Waals surface area contributed by atoms with Crippen molar-refractivity contribution >= 4 is 22.9 Å². The molecule has 9 nitrogen and oxygen atoms in total. The van der Waals surface area contributed by atoms with Crippen LogP contribution < -0.4 is 10.6 Å². The minimum absolute atomic E-state index is 0.102. The Labute approximate surface area is 183 Å². The summed E-state index contributed by atoms with van der Waals surface area (Å²) in [6.07, 6.45) is 11.1. The molecular formula is C21H24N8OS. The number of aromatic nitrogens is 5. The number of nitrogens with one attached hydrogen (secondary N) is 2. The number of nitrogens with zero attached hydrogens (tertiary/aromatic N) is 6. The fraction of sp³-hybridized carbons (Fsp3) is 0.333. The van der Waals surface area contributed by atoms with Gasteiger partial charge in [-0.3, -0.25) is 19.4 Å². The van der Waals surface area contributed by atoms with E-state index < -0.39 is 0 Å². The second-order valence-corrected chi connectivity index (χ2v) is 8.59. The Hall–Kier alpha value is -3.08. The van der Waals surface area contributed by atoms with E-state index in [9.17, 15) is 4.79 Å². The molecule has 0 bridgehead atoms. The minimum atomic E-state index is -0.102. The van der Waals surface area contributed by atoms with Crippen molar-refractivity contribution in [2.24, 2.45) is 0 Å². The molecule has 1 saturated heterocycles. The maximum absolute atomic E-state index is 12.6. The zero-order chi connectivity index (χ0) is 21.0. The third-order valence-corrected chi connectivity index (χ3v) is 6.50. The van der Waals surface area contributed by atoms with Crippen LogP contribution in [0.5, 0.6) is 0 Å². The molecular weight excluding hydrogens is 412 g/mol. The average molecular weight is 437 g/mol. The maximum Gasteiger partial charge on any atom is 0.261 e. The molecule has 0 unspecified atom stereocenters. The predicted octanol–water partition coefficient (Wildman–Crippen LogP) is 1.49. The van der Waals surface area contributed by atoms with Gasteiger partial charge < -0.3 is 15.0 Å². The van der Waals surface area contributed by atoms with E-state index in [1.54, 1.807) is 12.4 Å². The first-order valence-electron chi connectivity index (χ1n) is 10.4. The van der Waals surface area contributed by atoms with Crippen molar-refractivity contribution in [2.75, 3.05) is 32.7 Å². The number of hydrogen-bond donors (Lipinski definition) is 2. The van der Waals surface area contributed by atoms with E-state index >= 15 is 0 Å². The molecule has 31 heavy (non-hydrogen) atoms. The van der Waals surface area contributed by atoms with Gasteiger partial charge in [-0.15, -0.1) is 11.3 Å². The van der Waals surface area contributed by atoms with Gasteiger partial charge >= 0.3 is 0 Å². The van der Waals surface area contributed by atoms with Gasteiger partial charge in [0.25, 0.3) is 5.91 Å². The molecule has 5 rings (SSSR count). The number of carbonyl (C=O) groups excluding carboxylic acids is 1. The summed E-state index contributed by atoms with van der Waals surface area (Å²) >= 11 is 1.47. The molecule has 5 heterocycles. The van der Waals surface area contributed by atoms with Crippen LogP contribution in [-0.2, 0) is 13.1 Å². The molecule has 0 saturated carbocycles. The quantitative estimate of drug-likeness (QED) is 0.456. The van der Waals surface area contributed by atoms with Crippen molar-refractivity contribution in [1.82, 2.24) is 39.7 Å². The van der Waals surface area contributed by atoms with Crippen LogP contribution in [0.25, 0.3) is 16.1 Å². The van der Waals surface area contributed by atoms with Gasteiger partial charge in [0.05, 0.1) is 36.1 Å². The maximum atomic E-state index is 12.6. The van der Waals surface area contributed by atoms with Gasteiger partial charge in [0.15, 0.2) is 5.65 Å². The van der Waals surface area contributed by atoms with Crippen molar-refractivity contribution in [1.29, 1.82) is 0 Å². The Balaban J connectivity index is 1.17. The third-order valence-electron chi connectivity index (χ3n) is 5.37. The predicted molar refractivity (Wildman–Crippen MR) is 119 cm³/mol. The first-order valence-corrected chi connectivity index (χ1v) is 11.2. The second kappa shape index (κ2) is 8.96. The number of fused-ring (bicyclic) bond motifs is 1. The summed E-state index contributed by atoms with van der Waals surface area (Å²) in [5.74, 6) is -0.102. The van der Waals surface area contributed by atoms with Crippen LogP contribution in [0.3, 0.4) is 0 Å². The normalized spacial score (nSPS) is 14.8. The molecule has 2 N–H and O–H groups in total.